The minimum atomic E-state index is 0.651. The van der Waals surface area contributed by atoms with Crippen LogP contribution in [-0.4, -0.2) is 13.7 Å². The lowest BCUT2D eigenvalue weighted by Gasteiger charge is -2.17. The summed E-state index contributed by atoms with van der Waals surface area (Å²) in [5, 5.41) is 6.31. The van der Waals surface area contributed by atoms with Gasteiger partial charge in [-0.1, -0.05) is 30.3 Å². The first kappa shape index (κ1) is 13.1. The smallest absolute Gasteiger partial charge is 0.123 e. The Bertz CT molecular complexity index is 656. The maximum absolute atomic E-state index is 5.57. The van der Waals surface area contributed by atoms with E-state index in [0.717, 1.165) is 18.2 Å². The van der Waals surface area contributed by atoms with E-state index in [9.17, 15) is 0 Å². The molecule has 2 nitrogen and oxygen atoms in total. The summed E-state index contributed by atoms with van der Waals surface area (Å²) in [4.78, 5) is 0. The molecule has 2 saturated carbocycles. The van der Waals surface area contributed by atoms with Crippen LogP contribution in [0.2, 0.25) is 0 Å². The summed E-state index contributed by atoms with van der Waals surface area (Å²) in [7, 11) is 1.76. The second-order valence-electron chi connectivity index (χ2n) is 6.71. The molecule has 2 fully saturated rings. The summed E-state index contributed by atoms with van der Waals surface area (Å²) in [6.07, 6.45) is 5.77. The van der Waals surface area contributed by atoms with Crippen LogP contribution in [0.3, 0.4) is 0 Å². The Labute approximate surface area is 126 Å². The molecule has 0 amide bonds. The highest BCUT2D eigenvalue weighted by Gasteiger charge is 2.53. The minimum Gasteiger partial charge on any atom is -0.496 e. The highest BCUT2D eigenvalue weighted by atomic mass is 16.5. The molecule has 4 rings (SSSR count). The average molecular weight is 281 g/mol. The molecule has 2 aliphatic rings. The van der Waals surface area contributed by atoms with E-state index in [4.69, 9.17) is 4.74 Å². The van der Waals surface area contributed by atoms with Gasteiger partial charge in [0, 0.05) is 18.7 Å². The molecule has 2 aromatic carbocycles. The third kappa shape index (κ3) is 2.42. The van der Waals surface area contributed by atoms with Crippen molar-refractivity contribution in [1.82, 2.24) is 5.32 Å². The summed E-state index contributed by atoms with van der Waals surface area (Å²) in [6, 6.07) is 12.8. The standard InChI is InChI=1S/C19H23NO/c1-21-18-9-6-14-4-2-3-5-16(14)17(18)12-20-13-19(10-11-19)15-7-8-15/h2-6,9,15,20H,7-8,10-13H2,1H3. The molecule has 0 bridgehead atoms. The molecule has 0 radical (unpaired) electrons. The van der Waals surface area contributed by atoms with Crippen LogP contribution in [-0.2, 0) is 6.54 Å². The Balaban J connectivity index is 1.54. The van der Waals surface area contributed by atoms with Gasteiger partial charge in [0.05, 0.1) is 7.11 Å². The fourth-order valence-corrected chi connectivity index (χ4v) is 3.71. The normalized spacial score (nSPS) is 19.7. The molecule has 0 aromatic heterocycles. The van der Waals surface area contributed by atoms with Crippen molar-refractivity contribution in [2.24, 2.45) is 11.3 Å². The van der Waals surface area contributed by atoms with Gasteiger partial charge in [-0.3, -0.25) is 0 Å². The molecule has 1 N–H and O–H groups in total. The SMILES string of the molecule is COc1ccc2ccccc2c1CNCC1(C2CC2)CC1. The topological polar surface area (TPSA) is 21.3 Å². The summed E-state index contributed by atoms with van der Waals surface area (Å²) in [5.41, 5.74) is 1.94. The van der Waals surface area contributed by atoms with Gasteiger partial charge in [0.1, 0.15) is 5.75 Å². The number of hydrogen-bond donors (Lipinski definition) is 1. The third-order valence-corrected chi connectivity index (χ3v) is 5.33. The second kappa shape index (κ2) is 5.03. The van der Waals surface area contributed by atoms with Gasteiger partial charge >= 0.3 is 0 Å². The first-order chi connectivity index (χ1) is 10.3. The van der Waals surface area contributed by atoms with Crippen LogP contribution >= 0.6 is 0 Å². The zero-order valence-electron chi connectivity index (χ0n) is 12.7. The fourth-order valence-electron chi connectivity index (χ4n) is 3.71. The molecule has 0 atom stereocenters. The lowest BCUT2D eigenvalue weighted by molar-refractivity contribution is 0.391. The number of ether oxygens (including phenoxy) is 1. The summed E-state index contributed by atoms with van der Waals surface area (Å²) < 4.78 is 5.57. The van der Waals surface area contributed by atoms with Gasteiger partial charge < -0.3 is 10.1 Å². The van der Waals surface area contributed by atoms with E-state index in [1.54, 1.807) is 7.11 Å². The van der Waals surface area contributed by atoms with Crippen molar-refractivity contribution >= 4 is 10.8 Å². The second-order valence-corrected chi connectivity index (χ2v) is 6.71. The van der Waals surface area contributed by atoms with Crippen LogP contribution in [0.4, 0.5) is 0 Å². The van der Waals surface area contributed by atoms with Crippen molar-refractivity contribution in [2.75, 3.05) is 13.7 Å². The van der Waals surface area contributed by atoms with Gasteiger partial charge in [0.25, 0.3) is 0 Å². The van der Waals surface area contributed by atoms with Crippen LogP contribution in [0, 0.1) is 11.3 Å². The molecule has 0 saturated heterocycles. The fraction of sp³-hybridized carbons (Fsp3) is 0.474. The largest absolute Gasteiger partial charge is 0.496 e. The molecule has 2 aliphatic carbocycles. The number of benzene rings is 2. The van der Waals surface area contributed by atoms with Crippen LogP contribution in [0.1, 0.15) is 31.2 Å². The number of fused-ring (bicyclic) bond motifs is 1. The van der Waals surface area contributed by atoms with Gasteiger partial charge in [-0.2, -0.15) is 0 Å². The molecular weight excluding hydrogens is 258 g/mol. The van der Waals surface area contributed by atoms with Crippen LogP contribution in [0.15, 0.2) is 36.4 Å². The van der Waals surface area contributed by atoms with Crippen LogP contribution in [0.5, 0.6) is 5.75 Å². The molecule has 0 unspecified atom stereocenters. The van der Waals surface area contributed by atoms with Crippen molar-refractivity contribution in [1.29, 1.82) is 0 Å². The van der Waals surface area contributed by atoms with Crippen LogP contribution in [0.25, 0.3) is 10.8 Å². The summed E-state index contributed by atoms with van der Waals surface area (Å²) in [6.45, 7) is 2.07. The highest BCUT2D eigenvalue weighted by molar-refractivity contribution is 5.87. The number of methoxy groups -OCH3 is 1. The van der Waals surface area contributed by atoms with Crippen molar-refractivity contribution in [2.45, 2.75) is 32.2 Å². The quantitative estimate of drug-likeness (QED) is 0.859. The first-order valence-corrected chi connectivity index (χ1v) is 8.08. The third-order valence-electron chi connectivity index (χ3n) is 5.33. The Morgan fingerprint density at radius 2 is 1.95 bits per heavy atom. The maximum atomic E-state index is 5.57. The summed E-state index contributed by atoms with van der Waals surface area (Å²) in [5.74, 6) is 2.01. The number of hydrogen-bond acceptors (Lipinski definition) is 2. The lowest BCUT2D eigenvalue weighted by Crippen LogP contribution is -2.25. The minimum absolute atomic E-state index is 0.651. The zero-order chi connectivity index (χ0) is 14.3. The predicted molar refractivity (Wildman–Crippen MR) is 86.6 cm³/mol. The van der Waals surface area contributed by atoms with Gasteiger partial charge in [0.2, 0.25) is 0 Å². The van der Waals surface area contributed by atoms with Crippen molar-refractivity contribution in [3.63, 3.8) is 0 Å². The molecule has 2 aromatic rings. The van der Waals surface area contributed by atoms with E-state index in [0.29, 0.717) is 5.41 Å². The number of nitrogens with one attached hydrogen (secondary N) is 1. The highest BCUT2D eigenvalue weighted by Crippen LogP contribution is 2.60. The Hall–Kier alpha value is -1.54. The van der Waals surface area contributed by atoms with Gasteiger partial charge in [0.15, 0.2) is 0 Å². The van der Waals surface area contributed by atoms with Gasteiger partial charge in [-0.25, -0.2) is 0 Å². The molecule has 2 heteroatoms. The molecule has 0 spiro atoms. The van der Waals surface area contributed by atoms with Gasteiger partial charge in [-0.05, 0) is 53.9 Å². The molecule has 110 valence electrons. The maximum Gasteiger partial charge on any atom is 0.123 e. The molecule has 21 heavy (non-hydrogen) atoms. The van der Waals surface area contributed by atoms with Crippen LogP contribution < -0.4 is 10.1 Å². The zero-order valence-corrected chi connectivity index (χ0v) is 12.7. The van der Waals surface area contributed by atoms with E-state index in [-0.39, 0.29) is 0 Å². The van der Waals surface area contributed by atoms with Crippen molar-refractivity contribution in [3.05, 3.63) is 42.0 Å². The Morgan fingerprint density at radius 1 is 1.14 bits per heavy atom. The Kier molecular flexibility index (Phi) is 3.15. The predicted octanol–water partition coefficient (Wildman–Crippen LogP) is 4.13. The first-order valence-electron chi connectivity index (χ1n) is 8.08. The average Bonchev–Trinajstić information content (AvgIpc) is 3.39. The molecule has 0 aliphatic heterocycles. The number of rotatable bonds is 6. The van der Waals surface area contributed by atoms with Gasteiger partial charge in [-0.15, -0.1) is 0 Å². The lowest BCUT2D eigenvalue weighted by atomic mass is 10.00. The van der Waals surface area contributed by atoms with Crippen molar-refractivity contribution in [3.8, 4) is 5.75 Å². The van der Waals surface area contributed by atoms with Crippen molar-refractivity contribution < 1.29 is 4.74 Å². The summed E-state index contributed by atoms with van der Waals surface area (Å²) >= 11 is 0. The Morgan fingerprint density at radius 3 is 2.67 bits per heavy atom. The van der Waals surface area contributed by atoms with E-state index >= 15 is 0 Å². The molecular formula is C19H23NO. The molecule has 0 heterocycles. The van der Waals surface area contributed by atoms with E-state index in [1.807, 2.05) is 0 Å². The van der Waals surface area contributed by atoms with E-state index in [2.05, 4.69) is 41.7 Å². The van der Waals surface area contributed by atoms with E-state index in [1.165, 1.54) is 48.6 Å². The monoisotopic (exact) mass is 281 g/mol. The van der Waals surface area contributed by atoms with E-state index < -0.39 is 0 Å².